The minimum absolute atomic E-state index is 0.0874. The van der Waals surface area contributed by atoms with E-state index < -0.39 is 5.82 Å². The van der Waals surface area contributed by atoms with Crippen LogP contribution in [-0.2, 0) is 16.1 Å². The standard InChI is InChI=1S/C18H20FN3O3/c1-2-15(23)17-12-22(7-8-24-17)11-13-9-20-18(21-10-13)25-16-6-4-3-5-14(16)19/h3-6,9-10,17H,2,7-8,11-12H2,1H3/t17-/m0/s1. The number of carbonyl (C=O) groups excluding carboxylic acids is 1. The summed E-state index contributed by atoms with van der Waals surface area (Å²) in [5, 5.41) is 0. The Morgan fingerprint density at radius 3 is 2.84 bits per heavy atom. The Morgan fingerprint density at radius 2 is 2.12 bits per heavy atom. The third-order valence-electron chi connectivity index (χ3n) is 3.98. The van der Waals surface area contributed by atoms with Crippen LogP contribution in [0.25, 0.3) is 0 Å². The second-order valence-electron chi connectivity index (χ2n) is 5.82. The van der Waals surface area contributed by atoms with E-state index in [2.05, 4.69) is 14.9 Å². The molecule has 3 rings (SSSR count). The van der Waals surface area contributed by atoms with E-state index in [1.807, 2.05) is 6.92 Å². The number of carbonyl (C=O) groups is 1. The van der Waals surface area contributed by atoms with Gasteiger partial charge in [0.15, 0.2) is 17.3 Å². The molecule has 0 amide bonds. The smallest absolute Gasteiger partial charge is 0.321 e. The van der Waals surface area contributed by atoms with Crippen LogP contribution in [0.2, 0.25) is 0 Å². The topological polar surface area (TPSA) is 64.6 Å². The quantitative estimate of drug-likeness (QED) is 0.802. The van der Waals surface area contributed by atoms with Crippen molar-refractivity contribution in [3.05, 3.63) is 48.0 Å². The van der Waals surface area contributed by atoms with Gasteiger partial charge in [0.25, 0.3) is 0 Å². The van der Waals surface area contributed by atoms with Gasteiger partial charge >= 0.3 is 6.01 Å². The van der Waals surface area contributed by atoms with Crippen molar-refractivity contribution in [2.75, 3.05) is 19.7 Å². The van der Waals surface area contributed by atoms with E-state index >= 15 is 0 Å². The van der Waals surface area contributed by atoms with Crippen molar-refractivity contribution in [2.45, 2.75) is 26.0 Å². The molecule has 1 aliphatic rings. The molecule has 1 aliphatic heterocycles. The summed E-state index contributed by atoms with van der Waals surface area (Å²) in [6.45, 7) is 4.32. The molecule has 0 radical (unpaired) electrons. The first-order chi connectivity index (χ1) is 12.2. The van der Waals surface area contributed by atoms with Gasteiger partial charge in [-0.1, -0.05) is 19.1 Å². The van der Waals surface area contributed by atoms with Crippen LogP contribution in [-0.4, -0.2) is 46.5 Å². The molecule has 1 aromatic carbocycles. The summed E-state index contributed by atoms with van der Waals surface area (Å²) in [6.07, 6.45) is 3.41. The summed E-state index contributed by atoms with van der Waals surface area (Å²) in [4.78, 5) is 22.2. The number of nitrogens with zero attached hydrogens (tertiary/aromatic N) is 3. The van der Waals surface area contributed by atoms with Gasteiger partial charge in [-0.25, -0.2) is 14.4 Å². The van der Waals surface area contributed by atoms with Crippen LogP contribution >= 0.6 is 0 Å². The van der Waals surface area contributed by atoms with Gasteiger partial charge in [0.05, 0.1) is 6.61 Å². The van der Waals surface area contributed by atoms with E-state index in [0.29, 0.717) is 26.1 Å². The molecule has 1 saturated heterocycles. The first-order valence-corrected chi connectivity index (χ1v) is 8.25. The Morgan fingerprint density at radius 1 is 1.36 bits per heavy atom. The zero-order chi connectivity index (χ0) is 17.6. The number of hydrogen-bond donors (Lipinski definition) is 0. The molecule has 0 spiro atoms. The molecule has 132 valence electrons. The summed E-state index contributed by atoms with van der Waals surface area (Å²) in [5.41, 5.74) is 0.894. The molecular formula is C18H20FN3O3. The van der Waals surface area contributed by atoms with Gasteiger partial charge in [0, 0.05) is 44.0 Å². The maximum Gasteiger partial charge on any atom is 0.321 e. The molecule has 6 nitrogen and oxygen atoms in total. The van der Waals surface area contributed by atoms with Crippen LogP contribution < -0.4 is 4.74 Å². The fourth-order valence-corrected chi connectivity index (χ4v) is 2.63. The minimum Gasteiger partial charge on any atom is -0.421 e. The lowest BCUT2D eigenvalue weighted by Crippen LogP contribution is -2.45. The van der Waals surface area contributed by atoms with Crippen LogP contribution in [0.4, 0.5) is 4.39 Å². The van der Waals surface area contributed by atoms with Crippen LogP contribution in [0.5, 0.6) is 11.8 Å². The van der Waals surface area contributed by atoms with Crippen molar-refractivity contribution in [1.82, 2.24) is 14.9 Å². The molecule has 2 aromatic rings. The summed E-state index contributed by atoms with van der Waals surface area (Å²) < 4.78 is 24.4. The van der Waals surface area contributed by atoms with Gasteiger partial charge in [0.2, 0.25) is 0 Å². The second-order valence-corrected chi connectivity index (χ2v) is 5.82. The van der Waals surface area contributed by atoms with E-state index in [9.17, 15) is 9.18 Å². The van der Waals surface area contributed by atoms with Gasteiger partial charge in [-0.2, -0.15) is 0 Å². The van der Waals surface area contributed by atoms with Gasteiger partial charge < -0.3 is 9.47 Å². The average Bonchev–Trinajstić information content (AvgIpc) is 2.65. The number of ether oxygens (including phenoxy) is 2. The number of halogens is 1. The highest BCUT2D eigenvalue weighted by atomic mass is 19.1. The van der Waals surface area contributed by atoms with Gasteiger partial charge in [-0.3, -0.25) is 9.69 Å². The number of benzene rings is 1. The van der Waals surface area contributed by atoms with Gasteiger partial charge in [0.1, 0.15) is 6.10 Å². The first-order valence-electron chi connectivity index (χ1n) is 8.25. The number of Topliss-reactive ketones (excluding diaryl/α,β-unsaturated/α-hetero) is 1. The third-order valence-corrected chi connectivity index (χ3v) is 3.98. The fraction of sp³-hybridized carbons (Fsp3) is 0.389. The van der Waals surface area contributed by atoms with Crippen molar-refractivity contribution < 1.29 is 18.7 Å². The number of rotatable bonds is 6. The number of hydrogen-bond acceptors (Lipinski definition) is 6. The minimum atomic E-state index is -0.463. The highest BCUT2D eigenvalue weighted by Crippen LogP contribution is 2.21. The molecule has 25 heavy (non-hydrogen) atoms. The molecule has 7 heteroatoms. The van der Waals surface area contributed by atoms with Crippen molar-refractivity contribution >= 4 is 5.78 Å². The van der Waals surface area contributed by atoms with E-state index in [-0.39, 0.29) is 23.6 Å². The van der Waals surface area contributed by atoms with Crippen molar-refractivity contribution in [3.8, 4) is 11.8 Å². The van der Waals surface area contributed by atoms with Crippen LogP contribution in [0, 0.1) is 5.82 Å². The number of ketones is 1. The lowest BCUT2D eigenvalue weighted by atomic mass is 10.1. The molecule has 0 bridgehead atoms. The lowest BCUT2D eigenvalue weighted by Gasteiger charge is -2.31. The monoisotopic (exact) mass is 345 g/mol. The predicted molar refractivity (Wildman–Crippen MR) is 88.8 cm³/mol. The number of para-hydroxylation sites is 1. The molecule has 0 aliphatic carbocycles. The molecule has 1 fully saturated rings. The Kier molecular flexibility index (Phi) is 5.67. The fourth-order valence-electron chi connectivity index (χ4n) is 2.63. The predicted octanol–water partition coefficient (Wildman–Crippen LogP) is 2.59. The SMILES string of the molecule is CCC(=O)[C@@H]1CN(Cc2cnc(Oc3ccccc3F)nc2)CCO1. The first kappa shape index (κ1) is 17.4. The Balaban J connectivity index is 1.59. The molecule has 1 atom stereocenters. The summed E-state index contributed by atoms with van der Waals surface area (Å²) in [5.74, 6) is -0.255. The van der Waals surface area contributed by atoms with E-state index in [4.69, 9.17) is 9.47 Å². The normalized spacial score (nSPS) is 18.1. The molecule has 0 unspecified atom stereocenters. The zero-order valence-corrected chi connectivity index (χ0v) is 14.0. The number of aromatic nitrogens is 2. The van der Waals surface area contributed by atoms with Gasteiger partial charge in [-0.05, 0) is 12.1 Å². The molecule has 2 heterocycles. The average molecular weight is 345 g/mol. The van der Waals surface area contributed by atoms with Crippen molar-refractivity contribution in [3.63, 3.8) is 0 Å². The van der Waals surface area contributed by atoms with Crippen molar-refractivity contribution in [2.24, 2.45) is 0 Å². The maximum absolute atomic E-state index is 13.6. The summed E-state index contributed by atoms with van der Waals surface area (Å²) in [6, 6.07) is 6.20. The van der Waals surface area contributed by atoms with Crippen molar-refractivity contribution in [1.29, 1.82) is 0 Å². The molecule has 1 aromatic heterocycles. The third kappa shape index (κ3) is 4.58. The maximum atomic E-state index is 13.6. The molecule has 0 saturated carbocycles. The van der Waals surface area contributed by atoms with Gasteiger partial charge in [-0.15, -0.1) is 0 Å². The largest absolute Gasteiger partial charge is 0.421 e. The lowest BCUT2D eigenvalue weighted by molar-refractivity contribution is -0.136. The van der Waals surface area contributed by atoms with Crippen LogP contribution in [0.3, 0.4) is 0 Å². The second kappa shape index (κ2) is 8.13. The number of morpholine rings is 1. The molecular weight excluding hydrogens is 325 g/mol. The van der Waals surface area contributed by atoms with E-state index in [1.54, 1.807) is 24.5 Å². The zero-order valence-electron chi connectivity index (χ0n) is 14.0. The van der Waals surface area contributed by atoms with Crippen LogP contribution in [0.1, 0.15) is 18.9 Å². The Hall–Kier alpha value is -2.38. The Labute approximate surface area is 145 Å². The Bertz CT molecular complexity index is 724. The summed E-state index contributed by atoms with van der Waals surface area (Å²) >= 11 is 0. The highest BCUT2D eigenvalue weighted by Gasteiger charge is 2.25. The highest BCUT2D eigenvalue weighted by molar-refractivity contribution is 5.83. The summed E-state index contributed by atoms with van der Waals surface area (Å²) in [7, 11) is 0. The van der Waals surface area contributed by atoms with Crippen LogP contribution in [0.15, 0.2) is 36.7 Å². The van der Waals surface area contributed by atoms with E-state index in [0.717, 1.165) is 12.1 Å². The molecule has 0 N–H and O–H groups in total. The van der Waals surface area contributed by atoms with E-state index in [1.165, 1.54) is 12.1 Å².